The fraction of sp³-hybridized carbons (Fsp3) is 0.467. The Morgan fingerprint density at radius 3 is 1.97 bits per heavy atom. The molecular formula is C30H40O6S. The lowest BCUT2D eigenvalue weighted by Gasteiger charge is -2.19. The molecule has 0 fully saturated rings. The first-order valence-electron chi connectivity index (χ1n) is 13.2. The Hall–Kier alpha value is -2.29. The van der Waals surface area contributed by atoms with E-state index in [4.69, 9.17) is 18.9 Å². The third kappa shape index (κ3) is 9.83. The molecule has 37 heavy (non-hydrogen) atoms. The van der Waals surface area contributed by atoms with Crippen molar-refractivity contribution in [2.45, 2.75) is 61.5 Å². The molecule has 3 aromatic carbocycles. The Morgan fingerprint density at radius 2 is 1.32 bits per heavy atom. The highest BCUT2D eigenvalue weighted by atomic mass is 32.2. The molecule has 0 aliphatic heterocycles. The summed E-state index contributed by atoms with van der Waals surface area (Å²) < 4.78 is 23.3. The van der Waals surface area contributed by atoms with Crippen molar-refractivity contribution in [1.29, 1.82) is 0 Å². The Balaban J connectivity index is 1.77. The minimum atomic E-state index is -0.732. The van der Waals surface area contributed by atoms with Crippen LogP contribution < -0.4 is 9.47 Å². The van der Waals surface area contributed by atoms with Gasteiger partial charge in [0.1, 0.15) is 36.9 Å². The van der Waals surface area contributed by atoms with Crippen molar-refractivity contribution in [1.82, 2.24) is 0 Å². The average Bonchev–Trinajstić information content (AvgIpc) is 2.92. The number of unbranched alkanes of at least 4 members (excludes halogenated alkanes) is 2. The van der Waals surface area contributed by atoms with Gasteiger partial charge in [-0.15, -0.1) is 0 Å². The number of fused-ring (bicyclic) bond motifs is 1. The number of aliphatic hydroxyl groups is 2. The van der Waals surface area contributed by atoms with Gasteiger partial charge in [-0.25, -0.2) is 0 Å². The van der Waals surface area contributed by atoms with E-state index in [1.165, 1.54) is 0 Å². The van der Waals surface area contributed by atoms with Crippen LogP contribution in [0.4, 0.5) is 0 Å². The first-order valence-corrected chi connectivity index (χ1v) is 14.0. The van der Waals surface area contributed by atoms with Crippen molar-refractivity contribution >= 4 is 22.5 Å². The van der Waals surface area contributed by atoms with Crippen molar-refractivity contribution in [3.63, 3.8) is 0 Å². The van der Waals surface area contributed by atoms with Crippen molar-refractivity contribution < 1.29 is 29.2 Å². The number of hydrogen-bond acceptors (Lipinski definition) is 7. The summed E-state index contributed by atoms with van der Waals surface area (Å²) in [7, 11) is 0. The predicted molar refractivity (Wildman–Crippen MR) is 149 cm³/mol. The number of ether oxygens (including phenoxy) is 4. The molecule has 2 unspecified atom stereocenters. The summed E-state index contributed by atoms with van der Waals surface area (Å²) in [6, 6.07) is 19.9. The van der Waals surface area contributed by atoms with Gasteiger partial charge in [0.25, 0.3) is 0 Å². The van der Waals surface area contributed by atoms with Crippen molar-refractivity contribution in [3.05, 3.63) is 60.7 Å². The van der Waals surface area contributed by atoms with Gasteiger partial charge < -0.3 is 29.2 Å². The molecule has 0 saturated carbocycles. The van der Waals surface area contributed by atoms with Crippen LogP contribution in [0.3, 0.4) is 0 Å². The number of benzene rings is 3. The molecule has 0 aliphatic carbocycles. The summed E-state index contributed by atoms with van der Waals surface area (Å²) in [5, 5.41) is 22.5. The second-order valence-electron chi connectivity index (χ2n) is 8.95. The predicted octanol–water partition coefficient (Wildman–Crippen LogP) is 6.10. The minimum absolute atomic E-state index is 0.118. The van der Waals surface area contributed by atoms with E-state index in [2.05, 4.69) is 26.0 Å². The lowest BCUT2D eigenvalue weighted by atomic mass is 10.1. The van der Waals surface area contributed by atoms with Crippen LogP contribution in [0.2, 0.25) is 0 Å². The van der Waals surface area contributed by atoms with Crippen LogP contribution in [0.15, 0.2) is 70.5 Å². The van der Waals surface area contributed by atoms with Gasteiger partial charge in [-0.05, 0) is 43.2 Å². The van der Waals surface area contributed by atoms with E-state index in [0.29, 0.717) is 24.7 Å². The molecule has 0 saturated heterocycles. The van der Waals surface area contributed by atoms with Crippen LogP contribution in [0, 0.1) is 0 Å². The molecule has 7 heteroatoms. The molecule has 0 bridgehead atoms. The second kappa shape index (κ2) is 16.5. The average molecular weight is 529 g/mol. The molecule has 0 aromatic heterocycles. The molecule has 0 heterocycles. The zero-order chi connectivity index (χ0) is 26.3. The summed E-state index contributed by atoms with van der Waals surface area (Å²) in [6.07, 6.45) is 2.61. The molecule has 2 N–H and O–H groups in total. The number of aliphatic hydroxyl groups excluding tert-OH is 2. The molecule has 202 valence electrons. The maximum atomic E-state index is 10.4. The van der Waals surface area contributed by atoms with Gasteiger partial charge in [0.05, 0.1) is 18.1 Å². The lowest BCUT2D eigenvalue weighted by Crippen LogP contribution is -2.24. The number of rotatable bonds is 18. The second-order valence-corrected chi connectivity index (χ2v) is 10.1. The minimum Gasteiger partial charge on any atom is -0.490 e. The third-order valence-corrected chi connectivity index (χ3v) is 6.71. The molecule has 0 aliphatic rings. The smallest absolute Gasteiger partial charge is 0.141 e. The maximum Gasteiger partial charge on any atom is 0.141 e. The monoisotopic (exact) mass is 528 g/mol. The molecule has 0 amide bonds. The summed E-state index contributed by atoms with van der Waals surface area (Å²) in [5.41, 5.74) is 0. The Morgan fingerprint density at radius 1 is 0.676 bits per heavy atom. The van der Waals surface area contributed by atoms with Crippen LogP contribution in [0.1, 0.15) is 39.5 Å². The quantitative estimate of drug-likeness (QED) is 0.193. The summed E-state index contributed by atoms with van der Waals surface area (Å²) in [5.74, 6) is 1.35. The summed E-state index contributed by atoms with van der Waals surface area (Å²) in [4.78, 5) is 2.04. The van der Waals surface area contributed by atoms with E-state index >= 15 is 0 Å². The molecule has 6 nitrogen and oxygen atoms in total. The SMILES string of the molecule is CCCCOCC(O)COc1cccc2c(OCC(O)COCCCC)c(Sc3ccccc3)ccc12. The normalized spacial score (nSPS) is 13.0. The lowest BCUT2D eigenvalue weighted by molar-refractivity contribution is 0.0110. The van der Waals surface area contributed by atoms with E-state index in [0.717, 1.165) is 46.2 Å². The standard InChI is InChI=1S/C30H40O6S/c1-3-5-17-33-19-23(31)21-35-28-14-10-13-27-26(28)15-16-29(37-25-11-8-7-9-12-25)30(27)36-22-24(32)20-34-18-6-4-2/h7-16,23-24,31-32H,3-6,17-22H2,1-2H3. The fourth-order valence-electron chi connectivity index (χ4n) is 3.65. The zero-order valence-electron chi connectivity index (χ0n) is 21.9. The van der Waals surface area contributed by atoms with Crippen LogP contribution >= 0.6 is 11.8 Å². The largest absolute Gasteiger partial charge is 0.490 e. The van der Waals surface area contributed by atoms with Gasteiger partial charge in [-0.2, -0.15) is 0 Å². The van der Waals surface area contributed by atoms with Crippen LogP contribution in [0.5, 0.6) is 11.5 Å². The molecule has 0 spiro atoms. The van der Waals surface area contributed by atoms with E-state index in [9.17, 15) is 10.2 Å². The summed E-state index contributed by atoms with van der Waals surface area (Å²) in [6.45, 7) is 6.21. The van der Waals surface area contributed by atoms with E-state index in [1.54, 1.807) is 11.8 Å². The van der Waals surface area contributed by atoms with Gasteiger partial charge in [0.2, 0.25) is 0 Å². The van der Waals surface area contributed by atoms with Gasteiger partial charge >= 0.3 is 0 Å². The highest BCUT2D eigenvalue weighted by molar-refractivity contribution is 7.99. The van der Waals surface area contributed by atoms with Crippen LogP contribution in [-0.4, -0.2) is 62.1 Å². The Kier molecular flexibility index (Phi) is 13.1. The van der Waals surface area contributed by atoms with Crippen molar-refractivity contribution in [2.75, 3.05) is 39.6 Å². The van der Waals surface area contributed by atoms with Gasteiger partial charge in [-0.3, -0.25) is 0 Å². The fourth-order valence-corrected chi connectivity index (χ4v) is 4.59. The molecule has 0 radical (unpaired) electrons. The highest BCUT2D eigenvalue weighted by Crippen LogP contribution is 2.42. The Bertz CT molecular complexity index is 1040. The maximum absolute atomic E-state index is 10.4. The highest BCUT2D eigenvalue weighted by Gasteiger charge is 2.16. The zero-order valence-corrected chi connectivity index (χ0v) is 22.8. The summed E-state index contributed by atoms with van der Waals surface area (Å²) >= 11 is 1.61. The van der Waals surface area contributed by atoms with Crippen LogP contribution in [0.25, 0.3) is 10.8 Å². The molecule has 3 aromatic rings. The Labute approximate surface area is 224 Å². The number of hydrogen-bond donors (Lipinski definition) is 2. The molecule has 3 rings (SSSR count). The van der Waals surface area contributed by atoms with Gasteiger partial charge in [-0.1, -0.05) is 68.8 Å². The first-order chi connectivity index (χ1) is 18.1. The van der Waals surface area contributed by atoms with Crippen molar-refractivity contribution in [3.8, 4) is 11.5 Å². The first kappa shape index (κ1) is 29.3. The molecule has 2 atom stereocenters. The molecular weight excluding hydrogens is 488 g/mol. The van der Waals surface area contributed by atoms with Crippen molar-refractivity contribution in [2.24, 2.45) is 0 Å². The van der Waals surface area contributed by atoms with Crippen LogP contribution in [-0.2, 0) is 9.47 Å². The van der Waals surface area contributed by atoms with Gasteiger partial charge in [0, 0.05) is 28.9 Å². The van der Waals surface area contributed by atoms with E-state index in [1.807, 2.05) is 48.5 Å². The van der Waals surface area contributed by atoms with E-state index < -0.39 is 12.2 Å². The van der Waals surface area contributed by atoms with Gasteiger partial charge in [0.15, 0.2) is 0 Å². The third-order valence-electron chi connectivity index (χ3n) is 5.66. The van der Waals surface area contributed by atoms with E-state index in [-0.39, 0.29) is 26.4 Å². The topological polar surface area (TPSA) is 77.4 Å².